The third kappa shape index (κ3) is 1.51. The van der Waals surface area contributed by atoms with Crippen molar-refractivity contribution in [3.8, 4) is 0 Å². The fourth-order valence-electron chi connectivity index (χ4n) is 1.44. The van der Waals surface area contributed by atoms with Crippen LogP contribution in [0.2, 0.25) is 0 Å². The monoisotopic (exact) mass is 205 g/mol. The summed E-state index contributed by atoms with van der Waals surface area (Å²) in [6.07, 6.45) is 1.21. The lowest BCUT2D eigenvalue weighted by Crippen LogP contribution is -1.97. The van der Waals surface area contributed by atoms with Crippen LogP contribution < -0.4 is 0 Å². The van der Waals surface area contributed by atoms with Crippen LogP contribution in [0.4, 0.5) is 0 Å². The van der Waals surface area contributed by atoms with E-state index in [2.05, 4.69) is 6.07 Å². The molecule has 0 spiro atoms. The second kappa shape index (κ2) is 3.10. The lowest BCUT2D eigenvalue weighted by molar-refractivity contribution is 0.602. The third-order valence-electron chi connectivity index (χ3n) is 2.08. The van der Waals surface area contributed by atoms with E-state index < -0.39 is 9.84 Å². The van der Waals surface area contributed by atoms with E-state index in [0.717, 1.165) is 10.8 Å². The van der Waals surface area contributed by atoms with Crippen molar-refractivity contribution < 1.29 is 8.42 Å². The van der Waals surface area contributed by atoms with Gasteiger partial charge < -0.3 is 0 Å². The normalized spacial score (nSPS) is 11.8. The molecule has 0 aromatic heterocycles. The molecule has 2 aromatic rings. The van der Waals surface area contributed by atoms with Crippen molar-refractivity contribution in [3.63, 3.8) is 0 Å². The van der Waals surface area contributed by atoms with E-state index in [-0.39, 0.29) is 0 Å². The van der Waals surface area contributed by atoms with Gasteiger partial charge in [-0.2, -0.15) is 0 Å². The van der Waals surface area contributed by atoms with Gasteiger partial charge in [0.1, 0.15) is 0 Å². The van der Waals surface area contributed by atoms with Crippen LogP contribution in [0.1, 0.15) is 0 Å². The summed E-state index contributed by atoms with van der Waals surface area (Å²) < 4.78 is 22.9. The van der Waals surface area contributed by atoms with Crippen molar-refractivity contribution in [2.45, 2.75) is 4.90 Å². The molecule has 0 heterocycles. The zero-order chi connectivity index (χ0) is 10.2. The molecule has 0 fully saturated rings. The van der Waals surface area contributed by atoms with Gasteiger partial charge in [0.05, 0.1) is 4.90 Å². The fraction of sp³-hybridized carbons (Fsp3) is 0.0909. The Hall–Kier alpha value is -1.35. The van der Waals surface area contributed by atoms with Gasteiger partial charge in [-0.3, -0.25) is 0 Å². The Morgan fingerprint density at radius 1 is 1.14 bits per heavy atom. The number of sulfone groups is 1. The molecule has 0 saturated carbocycles. The lowest BCUT2D eigenvalue weighted by atomic mass is 10.1. The molecule has 0 saturated heterocycles. The van der Waals surface area contributed by atoms with Gasteiger partial charge >= 0.3 is 0 Å². The van der Waals surface area contributed by atoms with E-state index in [0.29, 0.717) is 4.90 Å². The van der Waals surface area contributed by atoms with E-state index in [1.807, 2.05) is 18.2 Å². The molecule has 2 nitrogen and oxygen atoms in total. The maximum absolute atomic E-state index is 11.4. The second-order valence-corrected chi connectivity index (χ2v) is 5.16. The maximum atomic E-state index is 11.4. The van der Waals surface area contributed by atoms with Crippen molar-refractivity contribution in [1.29, 1.82) is 0 Å². The third-order valence-corrected chi connectivity index (χ3v) is 3.22. The molecule has 1 radical (unpaired) electrons. The first-order valence-corrected chi connectivity index (χ1v) is 6.07. The van der Waals surface area contributed by atoms with Crippen molar-refractivity contribution in [2.24, 2.45) is 0 Å². The van der Waals surface area contributed by atoms with Crippen LogP contribution in [0.25, 0.3) is 10.8 Å². The summed E-state index contributed by atoms with van der Waals surface area (Å²) in [5.41, 5.74) is 0. The van der Waals surface area contributed by atoms with E-state index in [9.17, 15) is 8.42 Å². The molecule has 2 aromatic carbocycles. The number of fused-ring (bicyclic) bond motifs is 1. The van der Waals surface area contributed by atoms with Gasteiger partial charge in [0.25, 0.3) is 0 Å². The summed E-state index contributed by atoms with van der Waals surface area (Å²) in [5, 5.41) is 1.66. The van der Waals surface area contributed by atoms with Crippen molar-refractivity contribution in [3.05, 3.63) is 42.5 Å². The van der Waals surface area contributed by atoms with Gasteiger partial charge in [0, 0.05) is 11.6 Å². The lowest BCUT2D eigenvalue weighted by Gasteiger charge is -2.02. The molecule has 0 N–H and O–H groups in total. The minimum atomic E-state index is -3.16. The molecule has 0 amide bonds. The van der Waals surface area contributed by atoms with Crippen LogP contribution in [-0.2, 0) is 9.84 Å². The Morgan fingerprint density at radius 3 is 2.57 bits per heavy atom. The highest BCUT2D eigenvalue weighted by Gasteiger charge is 2.10. The molecule has 0 bridgehead atoms. The number of hydrogen-bond acceptors (Lipinski definition) is 2. The molecule has 3 heteroatoms. The minimum Gasteiger partial charge on any atom is -0.224 e. The van der Waals surface area contributed by atoms with Crippen LogP contribution in [0, 0.1) is 6.07 Å². The Kier molecular flexibility index (Phi) is 2.04. The molecule has 0 aliphatic carbocycles. The highest BCUT2D eigenvalue weighted by atomic mass is 32.2. The fourth-order valence-corrected chi connectivity index (χ4v) is 2.31. The second-order valence-electron chi connectivity index (χ2n) is 3.18. The summed E-state index contributed by atoms with van der Waals surface area (Å²) >= 11 is 0. The molecule has 0 aliphatic rings. The average Bonchev–Trinajstić information content (AvgIpc) is 2.15. The molecule has 14 heavy (non-hydrogen) atoms. The quantitative estimate of drug-likeness (QED) is 0.714. The van der Waals surface area contributed by atoms with Gasteiger partial charge in [-0.1, -0.05) is 24.3 Å². The van der Waals surface area contributed by atoms with Crippen LogP contribution in [0.15, 0.2) is 41.3 Å². The van der Waals surface area contributed by atoms with Crippen LogP contribution in [0.3, 0.4) is 0 Å². The SMILES string of the molecule is CS(=O)(=O)c1c[c]cc2ccccc12. The molecule has 0 unspecified atom stereocenters. The number of benzene rings is 2. The Morgan fingerprint density at radius 2 is 1.86 bits per heavy atom. The summed E-state index contributed by atoms with van der Waals surface area (Å²) in [6, 6.07) is 13.5. The van der Waals surface area contributed by atoms with E-state index in [1.165, 1.54) is 12.3 Å². The first kappa shape index (κ1) is 9.21. The van der Waals surface area contributed by atoms with Gasteiger partial charge in [0.2, 0.25) is 0 Å². The zero-order valence-electron chi connectivity index (χ0n) is 7.69. The Bertz CT molecular complexity index is 565. The average molecular weight is 205 g/mol. The van der Waals surface area contributed by atoms with Crippen molar-refractivity contribution in [2.75, 3.05) is 6.26 Å². The Balaban J connectivity index is 2.92. The zero-order valence-corrected chi connectivity index (χ0v) is 8.51. The van der Waals surface area contributed by atoms with E-state index in [1.54, 1.807) is 12.1 Å². The van der Waals surface area contributed by atoms with Crippen LogP contribution in [0.5, 0.6) is 0 Å². The molecule has 0 aliphatic heterocycles. The molecule has 0 atom stereocenters. The molecule has 2 rings (SSSR count). The first-order valence-electron chi connectivity index (χ1n) is 4.18. The van der Waals surface area contributed by atoms with Gasteiger partial charge in [-0.15, -0.1) is 0 Å². The molecular weight excluding hydrogens is 196 g/mol. The maximum Gasteiger partial charge on any atom is 0.176 e. The summed E-state index contributed by atoms with van der Waals surface area (Å²) in [7, 11) is -3.16. The summed E-state index contributed by atoms with van der Waals surface area (Å²) in [4.78, 5) is 0.343. The van der Waals surface area contributed by atoms with Gasteiger partial charge in [-0.25, -0.2) is 8.42 Å². The number of hydrogen-bond donors (Lipinski definition) is 0. The van der Waals surface area contributed by atoms with E-state index >= 15 is 0 Å². The predicted octanol–water partition coefficient (Wildman–Crippen LogP) is 2.04. The summed E-state index contributed by atoms with van der Waals surface area (Å²) in [5.74, 6) is 0. The topological polar surface area (TPSA) is 34.1 Å². The number of rotatable bonds is 1. The van der Waals surface area contributed by atoms with Crippen molar-refractivity contribution in [1.82, 2.24) is 0 Å². The largest absolute Gasteiger partial charge is 0.224 e. The van der Waals surface area contributed by atoms with Crippen LogP contribution in [-0.4, -0.2) is 14.7 Å². The van der Waals surface area contributed by atoms with Crippen LogP contribution >= 0.6 is 0 Å². The molecular formula is C11H9O2S. The van der Waals surface area contributed by atoms with Crippen molar-refractivity contribution >= 4 is 20.6 Å². The highest BCUT2D eigenvalue weighted by molar-refractivity contribution is 7.91. The Labute approximate surface area is 83.1 Å². The smallest absolute Gasteiger partial charge is 0.176 e. The van der Waals surface area contributed by atoms with Gasteiger partial charge in [0.15, 0.2) is 9.84 Å². The highest BCUT2D eigenvalue weighted by Crippen LogP contribution is 2.21. The van der Waals surface area contributed by atoms with Gasteiger partial charge in [-0.05, 0) is 23.6 Å². The summed E-state index contributed by atoms with van der Waals surface area (Å²) in [6.45, 7) is 0. The van der Waals surface area contributed by atoms with E-state index in [4.69, 9.17) is 0 Å². The first-order chi connectivity index (χ1) is 6.59. The predicted molar refractivity (Wildman–Crippen MR) is 55.9 cm³/mol. The minimum absolute atomic E-state index is 0.343. The standard InChI is InChI=1S/C11H9O2S/c1-14(12,13)11-8-4-6-9-5-2-3-7-10(9)11/h2-3,5-8H,1H3. The molecule has 71 valence electrons.